The highest BCUT2D eigenvalue weighted by atomic mass is 32.1. The highest BCUT2D eigenvalue weighted by molar-refractivity contribution is 7.80. The molecule has 0 spiro atoms. The topological polar surface area (TPSA) is 76.5 Å². The molecule has 0 radical (unpaired) electrons. The number of rotatable bonds is 3. The van der Waals surface area contributed by atoms with Crippen molar-refractivity contribution < 1.29 is 14.3 Å². The van der Waals surface area contributed by atoms with E-state index in [2.05, 4.69) is 10.4 Å². The first-order valence-electron chi connectivity index (χ1n) is 8.20. The van der Waals surface area contributed by atoms with Crippen molar-refractivity contribution in [1.29, 1.82) is 0 Å². The molecule has 1 aromatic heterocycles. The molecular weight excluding hydrogens is 352 g/mol. The van der Waals surface area contributed by atoms with Gasteiger partial charge in [0.2, 0.25) is 0 Å². The molecule has 2 aromatic rings. The van der Waals surface area contributed by atoms with Crippen molar-refractivity contribution in [1.82, 2.24) is 20.0 Å². The van der Waals surface area contributed by atoms with Crippen LogP contribution in [0.15, 0.2) is 47.8 Å². The van der Waals surface area contributed by atoms with Gasteiger partial charge in [0.1, 0.15) is 6.04 Å². The van der Waals surface area contributed by atoms with Gasteiger partial charge in [0.25, 0.3) is 5.91 Å². The second-order valence-electron chi connectivity index (χ2n) is 5.98. The van der Waals surface area contributed by atoms with Crippen molar-refractivity contribution in [2.75, 3.05) is 6.61 Å². The largest absolute Gasteiger partial charge is 0.463 e. The lowest BCUT2D eigenvalue weighted by Gasteiger charge is -2.33. The van der Waals surface area contributed by atoms with E-state index in [0.717, 1.165) is 5.69 Å². The van der Waals surface area contributed by atoms with Gasteiger partial charge in [0.15, 0.2) is 10.8 Å². The summed E-state index contributed by atoms with van der Waals surface area (Å²) < 4.78 is 6.83. The summed E-state index contributed by atoms with van der Waals surface area (Å²) in [5.74, 6) is -0.797. The van der Waals surface area contributed by atoms with E-state index in [1.165, 1.54) is 4.90 Å². The molecule has 0 fully saturated rings. The molecule has 2 aliphatic rings. The zero-order valence-electron chi connectivity index (χ0n) is 14.2. The lowest BCUT2D eigenvalue weighted by Crippen LogP contribution is -2.48. The number of nitrogens with zero attached hydrogens (tertiary/aromatic N) is 3. The average Bonchev–Trinajstić information content (AvgIpc) is 3.16. The molecule has 3 heterocycles. The first-order valence-corrected chi connectivity index (χ1v) is 8.61. The lowest BCUT2D eigenvalue weighted by molar-refractivity contribution is -0.139. The van der Waals surface area contributed by atoms with Crippen molar-refractivity contribution in [3.05, 3.63) is 59.1 Å². The van der Waals surface area contributed by atoms with Crippen LogP contribution in [0.2, 0.25) is 0 Å². The summed E-state index contributed by atoms with van der Waals surface area (Å²) in [6.07, 6.45) is 1.77. The molecule has 4 rings (SSSR count). The van der Waals surface area contributed by atoms with Crippen LogP contribution < -0.4 is 5.32 Å². The molecule has 0 saturated heterocycles. The van der Waals surface area contributed by atoms with Crippen LogP contribution in [0.3, 0.4) is 0 Å². The number of allylic oxidation sites excluding steroid dienone is 1. The van der Waals surface area contributed by atoms with Crippen LogP contribution in [0.4, 0.5) is 0 Å². The van der Waals surface area contributed by atoms with Crippen molar-refractivity contribution >= 4 is 29.2 Å². The second-order valence-corrected chi connectivity index (χ2v) is 6.37. The third kappa shape index (κ3) is 2.33. The molecule has 8 heteroatoms. The van der Waals surface area contributed by atoms with Gasteiger partial charge in [-0.2, -0.15) is 5.10 Å². The van der Waals surface area contributed by atoms with Crippen LogP contribution in [0.1, 0.15) is 35.9 Å². The Hall–Kier alpha value is -3.00. The molecule has 0 aliphatic carbocycles. The molecule has 0 bridgehead atoms. The highest BCUT2D eigenvalue weighted by Gasteiger charge is 2.49. The number of ether oxygens (including phenoxy) is 1. The lowest BCUT2D eigenvalue weighted by atomic mass is 9.98. The highest BCUT2D eigenvalue weighted by Crippen LogP contribution is 2.42. The quantitative estimate of drug-likeness (QED) is 0.660. The minimum absolute atomic E-state index is 0.247. The zero-order chi connectivity index (χ0) is 18.4. The van der Waals surface area contributed by atoms with E-state index in [-0.39, 0.29) is 17.6 Å². The number of hydrogen-bond acceptors (Lipinski definition) is 5. The van der Waals surface area contributed by atoms with E-state index in [9.17, 15) is 9.59 Å². The van der Waals surface area contributed by atoms with E-state index in [4.69, 9.17) is 17.0 Å². The van der Waals surface area contributed by atoms with Crippen molar-refractivity contribution in [2.24, 2.45) is 0 Å². The maximum atomic E-state index is 12.9. The Morgan fingerprint density at radius 3 is 2.77 bits per heavy atom. The fourth-order valence-electron chi connectivity index (χ4n) is 3.30. The maximum Gasteiger partial charge on any atom is 0.338 e. The number of carbonyl (C=O) groups is 2. The molecule has 7 nitrogen and oxygen atoms in total. The Kier molecular flexibility index (Phi) is 3.84. The molecule has 1 amide bonds. The van der Waals surface area contributed by atoms with Gasteiger partial charge in [-0.1, -0.05) is 18.2 Å². The summed E-state index contributed by atoms with van der Waals surface area (Å²) in [5.41, 5.74) is 2.73. The molecule has 1 N–H and O–H groups in total. The predicted octanol–water partition coefficient (Wildman–Crippen LogP) is 2.09. The van der Waals surface area contributed by atoms with Crippen LogP contribution in [0, 0.1) is 0 Å². The van der Waals surface area contributed by atoms with Gasteiger partial charge in [-0.15, -0.1) is 0 Å². The first-order chi connectivity index (χ1) is 12.5. The number of hydrogen-bond donors (Lipinski definition) is 1. The number of nitrogens with one attached hydrogen (secondary N) is 1. The minimum Gasteiger partial charge on any atom is -0.463 e. The number of carbonyl (C=O) groups excluding carboxylic acids is 2. The fourth-order valence-corrected chi connectivity index (χ4v) is 3.64. The Morgan fingerprint density at radius 1 is 1.35 bits per heavy atom. The number of fused-ring (bicyclic) bond motifs is 3. The van der Waals surface area contributed by atoms with Crippen LogP contribution in [-0.2, 0) is 9.53 Å². The monoisotopic (exact) mass is 368 g/mol. The Bertz CT molecular complexity index is 964. The summed E-state index contributed by atoms with van der Waals surface area (Å²) in [7, 11) is 0. The van der Waals surface area contributed by atoms with Gasteiger partial charge in [-0.25, -0.2) is 9.48 Å². The molecule has 1 aromatic carbocycles. The summed E-state index contributed by atoms with van der Waals surface area (Å²) in [5, 5.41) is 7.61. The van der Waals surface area contributed by atoms with E-state index < -0.39 is 12.0 Å². The standard InChI is InChI=1S/C18H16N4O3S/c1-3-25-17(24)13-10(2)19-18(26)22-15(13)12-9-21(20-14(12)16(22)23)11-7-5-4-6-8-11/h4-9,15H,3H2,1-2H3,(H,19,26). The second kappa shape index (κ2) is 6.06. The molecule has 1 atom stereocenters. The predicted molar refractivity (Wildman–Crippen MR) is 97.5 cm³/mol. The van der Waals surface area contributed by atoms with Crippen LogP contribution in [-0.4, -0.2) is 38.3 Å². The number of aromatic nitrogens is 2. The Balaban J connectivity index is 1.85. The third-order valence-corrected chi connectivity index (χ3v) is 4.72. The molecule has 132 valence electrons. The fraction of sp³-hybridized carbons (Fsp3) is 0.222. The summed E-state index contributed by atoms with van der Waals surface area (Å²) in [4.78, 5) is 26.8. The molecule has 26 heavy (non-hydrogen) atoms. The van der Waals surface area contributed by atoms with Crippen molar-refractivity contribution in [3.8, 4) is 5.69 Å². The molecular formula is C18H16N4O3S. The van der Waals surface area contributed by atoms with E-state index >= 15 is 0 Å². The average molecular weight is 368 g/mol. The van der Waals surface area contributed by atoms with Crippen LogP contribution in [0.5, 0.6) is 0 Å². The van der Waals surface area contributed by atoms with Gasteiger partial charge in [-0.05, 0) is 38.2 Å². The minimum atomic E-state index is -0.622. The number of esters is 1. The SMILES string of the molecule is CCOC(=O)C1=C(C)NC(=S)N2C(=O)c3nn(-c4ccccc4)cc3C12. The van der Waals surface area contributed by atoms with E-state index in [1.54, 1.807) is 24.7 Å². The van der Waals surface area contributed by atoms with Crippen molar-refractivity contribution in [2.45, 2.75) is 19.9 Å². The summed E-state index contributed by atoms with van der Waals surface area (Å²) in [6, 6.07) is 8.86. The van der Waals surface area contributed by atoms with Gasteiger partial charge in [-0.3, -0.25) is 9.69 Å². The van der Waals surface area contributed by atoms with Gasteiger partial charge >= 0.3 is 5.97 Å². The molecule has 2 aliphatic heterocycles. The molecule has 0 saturated carbocycles. The number of thiocarbonyl (C=S) groups is 1. The van der Waals surface area contributed by atoms with Gasteiger partial charge in [0.05, 0.1) is 17.9 Å². The van der Waals surface area contributed by atoms with Gasteiger partial charge < -0.3 is 10.1 Å². The summed E-state index contributed by atoms with van der Waals surface area (Å²) >= 11 is 5.31. The maximum absolute atomic E-state index is 12.9. The normalized spacial score (nSPS) is 18.5. The van der Waals surface area contributed by atoms with Crippen LogP contribution in [0.25, 0.3) is 5.69 Å². The van der Waals surface area contributed by atoms with Gasteiger partial charge in [0, 0.05) is 17.5 Å². The number of amides is 1. The third-order valence-electron chi connectivity index (χ3n) is 4.42. The van der Waals surface area contributed by atoms with E-state index in [0.29, 0.717) is 22.5 Å². The first kappa shape index (κ1) is 16.5. The van der Waals surface area contributed by atoms with Crippen LogP contribution >= 0.6 is 12.2 Å². The number of benzene rings is 1. The van der Waals surface area contributed by atoms with E-state index in [1.807, 2.05) is 30.3 Å². The Morgan fingerprint density at radius 2 is 2.08 bits per heavy atom. The van der Waals surface area contributed by atoms with Crippen molar-refractivity contribution in [3.63, 3.8) is 0 Å². The number of para-hydroxylation sites is 1. The molecule has 1 unspecified atom stereocenters. The smallest absolute Gasteiger partial charge is 0.338 e. The Labute approximate surface area is 155 Å². The zero-order valence-corrected chi connectivity index (χ0v) is 15.0. The summed E-state index contributed by atoms with van der Waals surface area (Å²) in [6.45, 7) is 3.74.